The van der Waals surface area contributed by atoms with Crippen molar-refractivity contribution < 1.29 is 8.78 Å². The van der Waals surface area contributed by atoms with Crippen molar-refractivity contribution in [2.45, 2.75) is 25.8 Å². The van der Waals surface area contributed by atoms with Crippen molar-refractivity contribution >= 4 is 15.9 Å². The molecule has 0 aliphatic carbocycles. The monoisotopic (exact) mass is 339 g/mol. The van der Waals surface area contributed by atoms with E-state index in [-0.39, 0.29) is 10.5 Å². The van der Waals surface area contributed by atoms with E-state index in [1.165, 1.54) is 11.6 Å². The van der Waals surface area contributed by atoms with Crippen molar-refractivity contribution in [1.29, 1.82) is 0 Å². The second-order valence-electron chi connectivity index (χ2n) is 4.75. The first-order valence-corrected chi connectivity index (χ1v) is 7.29. The van der Waals surface area contributed by atoms with Crippen molar-refractivity contribution in [2.75, 3.05) is 0 Å². The molecular weight excluding hydrogens is 324 g/mol. The summed E-state index contributed by atoms with van der Waals surface area (Å²) >= 11 is 3.07. The minimum absolute atomic E-state index is 0.107. The van der Waals surface area contributed by atoms with Crippen molar-refractivity contribution in [2.24, 2.45) is 5.73 Å². The lowest BCUT2D eigenvalue weighted by Gasteiger charge is -2.15. The first-order valence-electron chi connectivity index (χ1n) is 6.49. The summed E-state index contributed by atoms with van der Waals surface area (Å²) in [6.45, 7) is 2.10. The van der Waals surface area contributed by atoms with Crippen LogP contribution in [0.25, 0.3) is 0 Å². The quantitative estimate of drug-likeness (QED) is 0.813. The third-order valence-electron chi connectivity index (χ3n) is 3.35. The molecular formula is C16H16BrF2N. The molecule has 0 saturated heterocycles. The summed E-state index contributed by atoms with van der Waals surface area (Å²) in [5, 5.41) is 0. The summed E-state index contributed by atoms with van der Waals surface area (Å²) in [4.78, 5) is 0. The molecule has 0 heterocycles. The maximum absolute atomic E-state index is 13.5. The van der Waals surface area contributed by atoms with Gasteiger partial charge in [-0.25, -0.2) is 8.78 Å². The van der Waals surface area contributed by atoms with E-state index < -0.39 is 11.6 Å². The highest BCUT2D eigenvalue weighted by Crippen LogP contribution is 2.28. The second-order valence-corrected chi connectivity index (χ2v) is 5.54. The molecule has 0 amide bonds. The Kier molecular flexibility index (Phi) is 4.89. The average molecular weight is 340 g/mol. The molecule has 1 unspecified atom stereocenters. The summed E-state index contributed by atoms with van der Waals surface area (Å²) in [5.74, 6) is -1.76. The fourth-order valence-electron chi connectivity index (χ4n) is 2.10. The first kappa shape index (κ1) is 15.1. The zero-order valence-electron chi connectivity index (χ0n) is 11.2. The van der Waals surface area contributed by atoms with Crippen molar-refractivity contribution in [1.82, 2.24) is 0 Å². The van der Waals surface area contributed by atoms with Gasteiger partial charge < -0.3 is 5.73 Å². The maximum atomic E-state index is 13.5. The fraction of sp³-hybridized carbons (Fsp3) is 0.250. The van der Waals surface area contributed by atoms with Crippen molar-refractivity contribution in [3.8, 4) is 0 Å². The Labute approximate surface area is 125 Å². The normalized spacial score (nSPS) is 12.4. The predicted molar refractivity (Wildman–Crippen MR) is 80.5 cm³/mol. The number of aryl methyl sites for hydroxylation is 1. The fourth-order valence-corrected chi connectivity index (χ4v) is 2.72. The van der Waals surface area contributed by atoms with Gasteiger partial charge in [0.25, 0.3) is 0 Å². The zero-order valence-corrected chi connectivity index (χ0v) is 12.8. The largest absolute Gasteiger partial charge is 0.324 e. The number of benzene rings is 2. The number of hydrogen-bond acceptors (Lipinski definition) is 1. The Balaban J connectivity index is 2.19. The van der Waals surface area contributed by atoms with Crippen LogP contribution in [0.2, 0.25) is 0 Å². The molecule has 2 rings (SSSR count). The van der Waals surface area contributed by atoms with Gasteiger partial charge in [-0.05, 0) is 51.5 Å². The van der Waals surface area contributed by atoms with E-state index in [2.05, 4.69) is 35.0 Å². The van der Waals surface area contributed by atoms with Crippen LogP contribution in [0.1, 0.15) is 29.7 Å². The molecule has 4 heteroatoms. The Morgan fingerprint density at radius 3 is 2.25 bits per heavy atom. The van der Waals surface area contributed by atoms with E-state index in [0.29, 0.717) is 12.0 Å². The Morgan fingerprint density at radius 1 is 1.05 bits per heavy atom. The molecule has 0 aliphatic rings. The molecule has 1 atom stereocenters. The van der Waals surface area contributed by atoms with Crippen LogP contribution in [0.5, 0.6) is 0 Å². The smallest absolute Gasteiger partial charge is 0.173 e. The molecule has 2 aromatic carbocycles. The predicted octanol–water partition coefficient (Wildman–Crippen LogP) is 4.53. The lowest BCUT2D eigenvalue weighted by atomic mass is 9.98. The van der Waals surface area contributed by atoms with Gasteiger partial charge in [-0.2, -0.15) is 0 Å². The van der Waals surface area contributed by atoms with E-state index in [9.17, 15) is 8.78 Å². The molecule has 0 fully saturated rings. The summed E-state index contributed by atoms with van der Waals surface area (Å²) in [6, 6.07) is 10.4. The van der Waals surface area contributed by atoms with Crippen molar-refractivity contribution in [3.05, 3.63) is 69.2 Å². The molecule has 2 aromatic rings. The molecule has 0 bridgehead atoms. The van der Waals surface area contributed by atoms with E-state index in [0.717, 1.165) is 18.1 Å². The Hall–Kier alpha value is -1.26. The van der Waals surface area contributed by atoms with E-state index in [1.807, 2.05) is 12.1 Å². The van der Waals surface area contributed by atoms with E-state index >= 15 is 0 Å². The molecule has 0 radical (unpaired) electrons. The van der Waals surface area contributed by atoms with Gasteiger partial charge in [-0.3, -0.25) is 0 Å². The van der Waals surface area contributed by atoms with Crippen LogP contribution in [0, 0.1) is 11.6 Å². The van der Waals surface area contributed by atoms with Crippen LogP contribution < -0.4 is 5.73 Å². The number of rotatable bonds is 4. The molecule has 0 aliphatic heterocycles. The number of hydrogen-bond donors (Lipinski definition) is 1. The molecule has 106 valence electrons. The van der Waals surface area contributed by atoms with Crippen LogP contribution >= 0.6 is 15.9 Å². The topological polar surface area (TPSA) is 26.0 Å². The molecule has 0 saturated carbocycles. The van der Waals surface area contributed by atoms with Gasteiger partial charge >= 0.3 is 0 Å². The Bertz CT molecular complexity index is 596. The average Bonchev–Trinajstić information content (AvgIpc) is 2.45. The van der Waals surface area contributed by atoms with Gasteiger partial charge in [0, 0.05) is 6.04 Å². The minimum atomic E-state index is -0.890. The van der Waals surface area contributed by atoms with Gasteiger partial charge in [0.1, 0.15) is 0 Å². The molecule has 0 aromatic heterocycles. The van der Waals surface area contributed by atoms with Gasteiger partial charge in [0.05, 0.1) is 4.47 Å². The Morgan fingerprint density at radius 2 is 1.65 bits per heavy atom. The number of halogens is 3. The SMILES string of the molecule is CCc1ccc(CC(N)c2ccc(F)c(F)c2Br)cc1. The van der Waals surface area contributed by atoms with Gasteiger partial charge in [-0.1, -0.05) is 37.3 Å². The molecule has 1 nitrogen and oxygen atoms in total. The van der Waals surface area contributed by atoms with Crippen LogP contribution in [-0.2, 0) is 12.8 Å². The maximum Gasteiger partial charge on any atom is 0.173 e. The third-order valence-corrected chi connectivity index (χ3v) is 4.16. The van der Waals surface area contributed by atoms with Crippen LogP contribution in [0.4, 0.5) is 8.78 Å². The first-order chi connectivity index (χ1) is 9.52. The second kappa shape index (κ2) is 6.46. The lowest BCUT2D eigenvalue weighted by molar-refractivity contribution is 0.500. The third kappa shape index (κ3) is 3.25. The van der Waals surface area contributed by atoms with Gasteiger partial charge in [0.15, 0.2) is 11.6 Å². The number of nitrogens with two attached hydrogens (primary N) is 1. The molecule has 0 spiro atoms. The molecule has 20 heavy (non-hydrogen) atoms. The highest BCUT2D eigenvalue weighted by molar-refractivity contribution is 9.10. The zero-order chi connectivity index (χ0) is 14.7. The summed E-state index contributed by atoms with van der Waals surface area (Å²) in [7, 11) is 0. The van der Waals surface area contributed by atoms with E-state index in [4.69, 9.17) is 5.73 Å². The summed E-state index contributed by atoms with van der Waals surface area (Å²) in [5.41, 5.74) is 9.01. The summed E-state index contributed by atoms with van der Waals surface area (Å²) < 4.78 is 26.7. The standard InChI is InChI=1S/C16H16BrF2N/c1-2-10-3-5-11(6-4-10)9-14(20)12-7-8-13(18)16(19)15(12)17/h3-8,14H,2,9,20H2,1H3. The van der Waals surface area contributed by atoms with Crippen LogP contribution in [-0.4, -0.2) is 0 Å². The molecule has 2 N–H and O–H groups in total. The summed E-state index contributed by atoms with van der Waals surface area (Å²) in [6.07, 6.45) is 1.56. The van der Waals surface area contributed by atoms with Crippen LogP contribution in [0.15, 0.2) is 40.9 Å². The van der Waals surface area contributed by atoms with E-state index in [1.54, 1.807) is 0 Å². The van der Waals surface area contributed by atoms with Crippen LogP contribution in [0.3, 0.4) is 0 Å². The van der Waals surface area contributed by atoms with Gasteiger partial charge in [0.2, 0.25) is 0 Å². The highest BCUT2D eigenvalue weighted by Gasteiger charge is 2.16. The van der Waals surface area contributed by atoms with Gasteiger partial charge in [-0.15, -0.1) is 0 Å². The lowest BCUT2D eigenvalue weighted by Crippen LogP contribution is -2.15. The minimum Gasteiger partial charge on any atom is -0.324 e. The van der Waals surface area contributed by atoms with Crippen molar-refractivity contribution in [3.63, 3.8) is 0 Å². The highest BCUT2D eigenvalue weighted by atomic mass is 79.9.